The lowest BCUT2D eigenvalue weighted by atomic mass is 9.91. The molecule has 1 fully saturated rings. The Bertz CT molecular complexity index is 285. The first-order valence-corrected chi connectivity index (χ1v) is 5.89. The Kier molecular flexibility index (Phi) is 4.51. The zero-order valence-corrected chi connectivity index (χ0v) is 10.7. The molecule has 17 heavy (non-hydrogen) atoms. The lowest BCUT2D eigenvalue weighted by Gasteiger charge is -2.35. The number of hydrogen-bond acceptors (Lipinski definition) is 4. The number of carbonyl (C=O) groups is 2. The fourth-order valence-corrected chi connectivity index (χ4v) is 1.95. The predicted molar refractivity (Wildman–Crippen MR) is 62.6 cm³/mol. The van der Waals surface area contributed by atoms with E-state index in [1.807, 2.05) is 0 Å². The van der Waals surface area contributed by atoms with E-state index in [9.17, 15) is 9.59 Å². The number of likely N-dealkylation sites (tertiary alicyclic amines) is 1. The van der Waals surface area contributed by atoms with Crippen molar-refractivity contribution in [3.63, 3.8) is 0 Å². The molecule has 0 radical (unpaired) electrons. The topological polar surface area (TPSA) is 66.8 Å². The van der Waals surface area contributed by atoms with Crippen molar-refractivity contribution in [1.29, 1.82) is 0 Å². The van der Waals surface area contributed by atoms with E-state index in [1.165, 1.54) is 4.90 Å². The van der Waals surface area contributed by atoms with Gasteiger partial charge in [-0.15, -0.1) is 0 Å². The Morgan fingerprint density at radius 3 is 2.59 bits per heavy atom. The highest BCUT2D eigenvalue weighted by atomic mass is 16.6. The highest BCUT2D eigenvalue weighted by Gasteiger charge is 2.31. The van der Waals surface area contributed by atoms with Gasteiger partial charge in [0.2, 0.25) is 0 Å². The van der Waals surface area contributed by atoms with E-state index in [2.05, 4.69) is 0 Å². The van der Waals surface area contributed by atoms with Gasteiger partial charge >= 0.3 is 6.09 Å². The Morgan fingerprint density at radius 2 is 2.12 bits per heavy atom. The van der Waals surface area contributed by atoms with Crippen LogP contribution in [0.25, 0.3) is 0 Å². The summed E-state index contributed by atoms with van der Waals surface area (Å²) in [7, 11) is 0. The van der Waals surface area contributed by atoms with Crippen LogP contribution in [0.15, 0.2) is 0 Å². The summed E-state index contributed by atoms with van der Waals surface area (Å²) in [6.07, 6.45) is 1.07. The summed E-state index contributed by atoms with van der Waals surface area (Å²) in [4.78, 5) is 24.2. The van der Waals surface area contributed by atoms with Crippen molar-refractivity contribution < 1.29 is 19.4 Å². The van der Waals surface area contributed by atoms with Crippen molar-refractivity contribution in [3.05, 3.63) is 0 Å². The molecule has 2 atom stereocenters. The standard InChI is InChI=1S/C12H21NO4/c1-12(2,3)17-11(16)13-5-9(7-14)4-10(6-13)8-15/h7,9-10,15H,4-6,8H2,1-3H3/t9-,10+/m1/s1. The van der Waals surface area contributed by atoms with Gasteiger partial charge in [0.25, 0.3) is 0 Å². The zero-order chi connectivity index (χ0) is 13.1. The minimum Gasteiger partial charge on any atom is -0.444 e. The maximum Gasteiger partial charge on any atom is 0.410 e. The number of carbonyl (C=O) groups excluding carboxylic acids is 2. The number of piperidine rings is 1. The van der Waals surface area contributed by atoms with Crippen molar-refractivity contribution in [2.24, 2.45) is 11.8 Å². The molecule has 1 aliphatic heterocycles. The van der Waals surface area contributed by atoms with Crippen LogP contribution in [0.2, 0.25) is 0 Å². The van der Waals surface area contributed by atoms with Gasteiger partial charge < -0.3 is 19.5 Å². The van der Waals surface area contributed by atoms with Crippen molar-refractivity contribution in [3.8, 4) is 0 Å². The fraction of sp³-hybridized carbons (Fsp3) is 0.833. The second-order valence-corrected chi connectivity index (χ2v) is 5.57. The second-order valence-electron chi connectivity index (χ2n) is 5.57. The molecule has 5 nitrogen and oxygen atoms in total. The third kappa shape index (κ3) is 4.34. The second kappa shape index (κ2) is 5.49. The molecule has 5 heteroatoms. The summed E-state index contributed by atoms with van der Waals surface area (Å²) in [6.45, 7) is 6.23. The van der Waals surface area contributed by atoms with Gasteiger partial charge in [0, 0.05) is 31.5 Å². The maximum atomic E-state index is 11.8. The van der Waals surface area contributed by atoms with Gasteiger partial charge in [-0.3, -0.25) is 0 Å². The maximum absolute atomic E-state index is 11.8. The molecule has 0 spiro atoms. The van der Waals surface area contributed by atoms with E-state index in [1.54, 1.807) is 20.8 Å². The first-order chi connectivity index (χ1) is 7.85. The molecule has 1 N–H and O–H groups in total. The minimum absolute atomic E-state index is 0.0103. The average Bonchev–Trinajstić information content (AvgIpc) is 2.26. The van der Waals surface area contributed by atoms with Gasteiger partial charge in [-0.25, -0.2) is 4.79 Å². The number of rotatable bonds is 2. The van der Waals surface area contributed by atoms with Crippen LogP contribution in [-0.2, 0) is 9.53 Å². The molecular formula is C12H21NO4. The lowest BCUT2D eigenvalue weighted by molar-refractivity contribution is -0.113. The van der Waals surface area contributed by atoms with Crippen LogP contribution in [0.1, 0.15) is 27.2 Å². The number of amides is 1. The Hall–Kier alpha value is -1.10. The van der Waals surface area contributed by atoms with Crippen LogP contribution >= 0.6 is 0 Å². The van der Waals surface area contributed by atoms with Gasteiger partial charge in [-0.05, 0) is 27.2 Å². The molecule has 0 saturated carbocycles. The molecule has 1 heterocycles. The van der Waals surface area contributed by atoms with Gasteiger partial charge in [0.15, 0.2) is 0 Å². The Morgan fingerprint density at radius 1 is 1.47 bits per heavy atom. The van der Waals surface area contributed by atoms with Crippen LogP contribution in [0.3, 0.4) is 0 Å². The highest BCUT2D eigenvalue weighted by molar-refractivity contribution is 5.69. The third-order valence-corrected chi connectivity index (χ3v) is 2.67. The minimum atomic E-state index is -0.542. The number of nitrogens with zero attached hydrogens (tertiary/aromatic N) is 1. The van der Waals surface area contributed by atoms with Gasteiger partial charge in [0.1, 0.15) is 11.9 Å². The number of aliphatic hydroxyl groups excluding tert-OH is 1. The predicted octanol–water partition coefficient (Wildman–Crippen LogP) is 1.05. The number of ether oxygens (including phenoxy) is 1. The normalized spacial score (nSPS) is 25.5. The zero-order valence-electron chi connectivity index (χ0n) is 10.7. The molecule has 0 aromatic rings. The van der Waals surface area contributed by atoms with Crippen LogP contribution in [0, 0.1) is 11.8 Å². The average molecular weight is 243 g/mol. The molecule has 0 aromatic carbocycles. The lowest BCUT2D eigenvalue weighted by Crippen LogP contribution is -2.47. The van der Waals surface area contributed by atoms with Crippen LogP contribution in [0.4, 0.5) is 4.79 Å². The Labute approximate surface area is 102 Å². The first-order valence-electron chi connectivity index (χ1n) is 5.89. The quantitative estimate of drug-likeness (QED) is 0.736. The van der Waals surface area contributed by atoms with Crippen molar-refractivity contribution in [2.75, 3.05) is 19.7 Å². The monoisotopic (exact) mass is 243 g/mol. The fourth-order valence-electron chi connectivity index (χ4n) is 1.95. The van der Waals surface area contributed by atoms with Crippen LogP contribution in [-0.4, -0.2) is 47.7 Å². The molecule has 1 amide bonds. The number of hydrogen-bond donors (Lipinski definition) is 1. The molecular weight excluding hydrogens is 222 g/mol. The molecule has 1 saturated heterocycles. The van der Waals surface area contributed by atoms with E-state index in [0.717, 1.165) is 6.29 Å². The van der Waals surface area contributed by atoms with Gasteiger partial charge in [-0.2, -0.15) is 0 Å². The number of aliphatic hydroxyl groups is 1. The molecule has 0 bridgehead atoms. The molecule has 0 unspecified atom stereocenters. The molecule has 98 valence electrons. The summed E-state index contributed by atoms with van der Waals surface area (Å²) in [5, 5.41) is 9.14. The molecule has 1 aliphatic rings. The van der Waals surface area contributed by atoms with Crippen molar-refractivity contribution in [2.45, 2.75) is 32.8 Å². The van der Waals surface area contributed by atoms with Crippen LogP contribution in [0.5, 0.6) is 0 Å². The van der Waals surface area contributed by atoms with E-state index < -0.39 is 11.7 Å². The summed E-state index contributed by atoms with van der Waals surface area (Å²) in [5.74, 6) is -0.236. The van der Waals surface area contributed by atoms with E-state index in [0.29, 0.717) is 19.5 Å². The largest absolute Gasteiger partial charge is 0.444 e. The summed E-state index contributed by atoms with van der Waals surface area (Å²) in [5.41, 5.74) is -0.542. The highest BCUT2D eigenvalue weighted by Crippen LogP contribution is 2.22. The van der Waals surface area contributed by atoms with Crippen molar-refractivity contribution >= 4 is 12.4 Å². The van der Waals surface area contributed by atoms with E-state index >= 15 is 0 Å². The summed E-state index contributed by atoms with van der Waals surface area (Å²) >= 11 is 0. The smallest absolute Gasteiger partial charge is 0.410 e. The van der Waals surface area contributed by atoms with Crippen molar-refractivity contribution in [1.82, 2.24) is 4.90 Å². The van der Waals surface area contributed by atoms with E-state index in [-0.39, 0.29) is 18.4 Å². The molecule has 1 rings (SSSR count). The van der Waals surface area contributed by atoms with Crippen LogP contribution < -0.4 is 0 Å². The molecule has 0 aromatic heterocycles. The SMILES string of the molecule is CC(C)(C)OC(=O)N1C[C@H](C=O)C[C@H](CO)C1. The summed E-state index contributed by atoms with van der Waals surface area (Å²) in [6, 6.07) is 0. The first kappa shape index (κ1) is 14.0. The number of aldehydes is 1. The van der Waals surface area contributed by atoms with Gasteiger partial charge in [-0.1, -0.05) is 0 Å². The Balaban J connectivity index is 2.62. The third-order valence-electron chi connectivity index (χ3n) is 2.67. The molecule has 0 aliphatic carbocycles. The summed E-state index contributed by atoms with van der Waals surface area (Å²) < 4.78 is 5.25. The van der Waals surface area contributed by atoms with E-state index in [4.69, 9.17) is 9.84 Å². The van der Waals surface area contributed by atoms with Gasteiger partial charge in [0.05, 0.1) is 0 Å².